The van der Waals surface area contributed by atoms with Crippen LogP contribution in [0.1, 0.15) is 34.1 Å². The van der Waals surface area contributed by atoms with E-state index in [4.69, 9.17) is 4.52 Å². The third-order valence-electron chi connectivity index (χ3n) is 4.04. The maximum Gasteiger partial charge on any atom is 0.328 e. The normalized spacial score (nSPS) is 15.2. The van der Waals surface area contributed by atoms with E-state index in [1.807, 2.05) is 18.9 Å². The molecule has 0 aliphatic carbocycles. The molecule has 0 heterocycles. The Morgan fingerprint density at radius 3 is 2.07 bits per heavy atom. The van der Waals surface area contributed by atoms with E-state index in [9.17, 15) is 29.1 Å². The number of hydrogen-bond donors (Lipinski definition) is 5. The first-order valence-electron chi connectivity index (χ1n) is 8.64. The Kier molecular flexibility index (Phi) is 12.9. The maximum atomic E-state index is 12.9. The van der Waals surface area contributed by atoms with Crippen molar-refractivity contribution in [2.75, 3.05) is 0 Å². The minimum Gasteiger partial charge on any atom is -0.480 e. The van der Waals surface area contributed by atoms with E-state index in [0.717, 1.165) is 0 Å². The molecule has 0 aliphatic heterocycles. The van der Waals surface area contributed by atoms with Crippen molar-refractivity contribution in [1.29, 1.82) is 0 Å². The van der Waals surface area contributed by atoms with Crippen molar-refractivity contribution in [2.45, 2.75) is 63.1 Å². The molecule has 0 aromatic rings. The van der Waals surface area contributed by atoms with E-state index in [1.165, 1.54) is 25.2 Å². The maximum absolute atomic E-state index is 12.9. The molecule has 0 rings (SSSR count). The van der Waals surface area contributed by atoms with E-state index in [1.54, 1.807) is 13.8 Å². The summed E-state index contributed by atoms with van der Waals surface area (Å²) in [7, 11) is 6.28. The zero-order chi connectivity index (χ0) is 23.6. The first kappa shape index (κ1) is 28.9. The number of carboxylic acid groups (broad SMARTS) is 1. The van der Waals surface area contributed by atoms with Crippen molar-refractivity contribution >= 4 is 68.3 Å². The van der Waals surface area contributed by atoms with Crippen LogP contribution in [-0.4, -0.2) is 63.7 Å². The fourth-order valence-corrected chi connectivity index (χ4v) is 3.23. The lowest BCUT2D eigenvalue weighted by atomic mass is 10.0. The van der Waals surface area contributed by atoms with Crippen molar-refractivity contribution in [3.05, 3.63) is 0 Å². The summed E-state index contributed by atoms with van der Waals surface area (Å²) in [6, 6.07) is -3.84. The average molecular weight is 502 g/mol. The van der Waals surface area contributed by atoms with Gasteiger partial charge >= 0.3 is 5.97 Å². The molecule has 0 spiro atoms. The van der Waals surface area contributed by atoms with Gasteiger partial charge in [-0.25, -0.2) is 4.79 Å². The predicted molar refractivity (Wildman–Crippen MR) is 123 cm³/mol. The summed E-state index contributed by atoms with van der Waals surface area (Å²) in [5, 5.41) is 18.8. The van der Waals surface area contributed by atoms with E-state index < -0.39 is 65.0 Å². The van der Waals surface area contributed by atoms with Crippen molar-refractivity contribution in [2.24, 2.45) is 0 Å². The molecule has 30 heavy (non-hydrogen) atoms. The molecular weight excluding hydrogens is 473 g/mol. The lowest BCUT2D eigenvalue weighted by Gasteiger charge is -2.33. The van der Waals surface area contributed by atoms with Gasteiger partial charge in [-0.1, -0.05) is 8.44 Å². The predicted octanol–water partition coefficient (Wildman–Crippen LogP) is -0.661. The molecule has 5 N–H and O–H groups in total. The van der Waals surface area contributed by atoms with Crippen LogP contribution in [0.5, 0.6) is 0 Å². The van der Waals surface area contributed by atoms with Crippen LogP contribution in [0.15, 0.2) is 0 Å². The fraction of sp³-hybridized carbons (Fsp3) is 0.667. The zero-order valence-corrected chi connectivity index (χ0v) is 21.3. The quantitative estimate of drug-likeness (QED) is 0.220. The van der Waals surface area contributed by atoms with Crippen LogP contribution in [0.3, 0.4) is 0 Å². The summed E-state index contributed by atoms with van der Waals surface area (Å²) in [6.07, 6.45) is -1.35. The van der Waals surface area contributed by atoms with E-state index in [2.05, 4.69) is 29.5 Å². The number of carbonyl (C=O) groups excluding carboxylic acids is 4. The van der Waals surface area contributed by atoms with Crippen molar-refractivity contribution in [3.63, 3.8) is 0 Å². The van der Waals surface area contributed by atoms with Gasteiger partial charge in [0.15, 0.2) is 6.04 Å². The zero-order valence-electron chi connectivity index (χ0n) is 17.1. The van der Waals surface area contributed by atoms with Gasteiger partial charge in [-0.3, -0.25) is 19.2 Å². The lowest BCUT2D eigenvalue weighted by Crippen LogP contribution is -2.61. The van der Waals surface area contributed by atoms with Crippen molar-refractivity contribution < 1.29 is 33.6 Å². The highest BCUT2D eigenvalue weighted by Crippen LogP contribution is 2.33. The van der Waals surface area contributed by atoms with Crippen LogP contribution < -0.4 is 21.0 Å². The Morgan fingerprint density at radius 2 is 1.67 bits per heavy atom. The minimum atomic E-state index is -1.42. The summed E-state index contributed by atoms with van der Waals surface area (Å²) in [5.41, 5.74) is 0. The second-order valence-corrected chi connectivity index (χ2v) is 9.41. The number of carbonyl (C=O) groups is 5. The molecule has 0 aromatic carbocycles. The molecule has 7 atom stereocenters. The smallest absolute Gasteiger partial charge is 0.328 e. The molecule has 0 saturated carbocycles. The monoisotopic (exact) mass is 502 g/mol. The van der Waals surface area contributed by atoms with Crippen LogP contribution in [0, 0.1) is 0 Å². The van der Waals surface area contributed by atoms with Gasteiger partial charge in [0, 0.05) is 21.1 Å². The van der Waals surface area contributed by atoms with Gasteiger partial charge in [0.1, 0.15) is 12.1 Å². The van der Waals surface area contributed by atoms with Crippen LogP contribution in [0.4, 0.5) is 0 Å². The highest BCUT2D eigenvalue weighted by molar-refractivity contribution is 8.44. The minimum absolute atomic E-state index is 0.454. The highest BCUT2D eigenvalue weighted by Gasteiger charge is 2.38. The molecule has 172 valence electrons. The number of rotatable bonds is 12. The summed E-state index contributed by atoms with van der Waals surface area (Å²) in [6.45, 7) is 6.11. The molecular formula is C15H29N4O7P3S. The third-order valence-corrected chi connectivity index (χ3v) is 7.46. The molecule has 0 fully saturated rings. The van der Waals surface area contributed by atoms with Crippen molar-refractivity contribution in [3.8, 4) is 0 Å². The van der Waals surface area contributed by atoms with Crippen LogP contribution in [0.25, 0.3) is 0 Å². The number of nitrogens with one attached hydrogen (secondary N) is 4. The van der Waals surface area contributed by atoms with E-state index in [0.29, 0.717) is 0 Å². The van der Waals surface area contributed by atoms with E-state index in [-0.39, 0.29) is 0 Å². The third kappa shape index (κ3) is 9.40. The molecule has 4 amide bonds. The Balaban J connectivity index is 5.71. The topological polar surface area (TPSA) is 163 Å². The molecule has 0 saturated heterocycles. The standard InChI is InChI=1S/C15H29N4O7P3S/c1-6(26-28)10(14(24)25)18-12(22)8(5-9(21)19-27)17-13(23)11(16-7(2)20)15(3,4)30-29/h6,8,10-11H,5,27-29H2,1-4H3,(H,16,20)(H,17,23)(H,18,22)(H,19,21)(H,24,25)/t6-,8+,10+,11-/m1/s1. The van der Waals surface area contributed by atoms with Gasteiger partial charge < -0.3 is 30.7 Å². The van der Waals surface area contributed by atoms with Crippen molar-refractivity contribution in [1.82, 2.24) is 21.0 Å². The van der Waals surface area contributed by atoms with Gasteiger partial charge in [0.2, 0.25) is 23.6 Å². The summed E-state index contributed by atoms with van der Waals surface area (Å²) < 4.78 is 4.11. The summed E-state index contributed by atoms with van der Waals surface area (Å²) in [4.78, 5) is 60.4. The molecule has 0 aliphatic rings. The molecule has 0 bridgehead atoms. The second-order valence-electron chi connectivity index (χ2n) is 6.85. The van der Waals surface area contributed by atoms with Gasteiger partial charge in [-0.2, -0.15) is 0 Å². The van der Waals surface area contributed by atoms with Crippen LogP contribution in [0.2, 0.25) is 0 Å². The SMILES string of the molecule is CC(=O)N[C@H](C(=O)N[C@@H](CC(=O)NP)C(=O)N[C@H](C(=O)O)[C@@H](C)OP)C(C)(C)SP. The molecule has 15 heteroatoms. The molecule has 3 unspecified atom stereocenters. The second kappa shape index (κ2) is 13.4. The Labute approximate surface area is 186 Å². The Bertz CT molecular complexity index is 668. The Hall–Kier alpha value is -1.05. The molecule has 11 nitrogen and oxygen atoms in total. The average Bonchev–Trinajstić information content (AvgIpc) is 2.67. The van der Waals surface area contributed by atoms with Gasteiger partial charge in [0.05, 0.1) is 12.5 Å². The largest absolute Gasteiger partial charge is 0.480 e. The highest BCUT2D eigenvalue weighted by atomic mass is 32.7. The first-order valence-corrected chi connectivity index (χ1v) is 12.0. The first-order chi connectivity index (χ1) is 13.8. The molecule has 0 radical (unpaired) electrons. The van der Waals surface area contributed by atoms with E-state index >= 15 is 0 Å². The summed E-state index contributed by atoms with van der Waals surface area (Å²) in [5.74, 6) is -3.99. The fourth-order valence-electron chi connectivity index (χ4n) is 2.25. The van der Waals surface area contributed by atoms with Gasteiger partial charge in [0.25, 0.3) is 0 Å². The number of aliphatic carboxylic acids is 1. The number of carboxylic acids is 1. The van der Waals surface area contributed by atoms with Gasteiger partial charge in [-0.15, -0.1) is 11.4 Å². The molecule has 0 aromatic heterocycles. The Morgan fingerprint density at radius 1 is 1.10 bits per heavy atom. The van der Waals surface area contributed by atoms with Crippen LogP contribution in [-0.2, 0) is 28.5 Å². The van der Waals surface area contributed by atoms with Gasteiger partial charge in [-0.05, 0) is 30.2 Å². The number of hydrogen-bond acceptors (Lipinski definition) is 7. The van der Waals surface area contributed by atoms with Crippen LogP contribution >= 0.6 is 38.7 Å². The summed E-state index contributed by atoms with van der Waals surface area (Å²) >= 11 is 1.24. The lowest BCUT2D eigenvalue weighted by molar-refractivity contribution is -0.144. The number of amides is 4.